The number of hydrogen-bond donors (Lipinski definition) is 2. The van der Waals surface area contributed by atoms with Gasteiger partial charge in [-0.25, -0.2) is 0 Å². The molecule has 2 fully saturated rings. The van der Waals surface area contributed by atoms with Crippen LogP contribution in [0.3, 0.4) is 0 Å². The van der Waals surface area contributed by atoms with Crippen LogP contribution in [0.5, 0.6) is 0 Å². The van der Waals surface area contributed by atoms with Gasteiger partial charge in [-0.3, -0.25) is 4.79 Å². The zero-order valence-electron chi connectivity index (χ0n) is 8.62. The second kappa shape index (κ2) is 2.96. The maximum Gasteiger partial charge on any atom is 0.312 e. The Balaban J connectivity index is 2.23. The maximum atomic E-state index is 11.2. The summed E-state index contributed by atoms with van der Waals surface area (Å²) < 4.78 is 0. The third-order valence-corrected chi connectivity index (χ3v) is 4.20. The van der Waals surface area contributed by atoms with E-state index >= 15 is 0 Å². The largest absolute Gasteiger partial charge is 0.481 e. The van der Waals surface area contributed by atoms with Crippen molar-refractivity contribution in [2.24, 2.45) is 11.3 Å². The van der Waals surface area contributed by atoms with Crippen LogP contribution in [0.25, 0.3) is 0 Å². The predicted molar refractivity (Wildman–Crippen MR) is 51.9 cm³/mol. The molecule has 0 saturated heterocycles. The lowest BCUT2D eigenvalue weighted by Crippen LogP contribution is -2.46. The minimum atomic E-state index is -0.920. The molecule has 0 bridgehead atoms. The van der Waals surface area contributed by atoms with E-state index in [0.717, 1.165) is 19.3 Å². The van der Waals surface area contributed by atoms with Crippen LogP contribution in [0.15, 0.2) is 0 Å². The van der Waals surface area contributed by atoms with Gasteiger partial charge in [0.05, 0.1) is 11.0 Å². The zero-order chi connectivity index (χ0) is 10.4. The minimum Gasteiger partial charge on any atom is -0.481 e. The Kier molecular flexibility index (Phi) is 2.11. The second-order valence-corrected chi connectivity index (χ2v) is 4.97. The summed E-state index contributed by atoms with van der Waals surface area (Å²) in [5.41, 5.74) is -1.73. The standard InChI is InChI=1S/C11H18O3/c1-8-7-11(8,9(12)13)10(14)5-3-2-4-6-10/h8,14H,2-7H2,1H3,(H,12,13). The molecule has 0 radical (unpaired) electrons. The molecule has 3 nitrogen and oxygen atoms in total. The number of aliphatic hydroxyl groups is 1. The molecule has 0 spiro atoms. The van der Waals surface area contributed by atoms with E-state index < -0.39 is 17.0 Å². The molecule has 2 aliphatic carbocycles. The summed E-state index contributed by atoms with van der Waals surface area (Å²) >= 11 is 0. The molecule has 2 N–H and O–H groups in total. The van der Waals surface area contributed by atoms with Crippen LogP contribution in [0.4, 0.5) is 0 Å². The van der Waals surface area contributed by atoms with Gasteiger partial charge in [-0.15, -0.1) is 0 Å². The molecule has 2 aliphatic rings. The Morgan fingerprint density at radius 2 is 1.79 bits per heavy atom. The van der Waals surface area contributed by atoms with Crippen molar-refractivity contribution in [3.8, 4) is 0 Å². The molecule has 3 heteroatoms. The Labute approximate surface area is 84.1 Å². The molecular formula is C11H18O3. The lowest BCUT2D eigenvalue weighted by Gasteiger charge is -2.38. The molecule has 0 aromatic rings. The summed E-state index contributed by atoms with van der Waals surface area (Å²) in [6.45, 7) is 1.93. The Morgan fingerprint density at radius 3 is 2.14 bits per heavy atom. The molecule has 0 aromatic carbocycles. The van der Waals surface area contributed by atoms with Gasteiger partial charge in [0, 0.05) is 0 Å². The maximum absolute atomic E-state index is 11.2. The zero-order valence-corrected chi connectivity index (χ0v) is 8.62. The highest BCUT2D eigenvalue weighted by Gasteiger charge is 2.69. The quantitative estimate of drug-likeness (QED) is 0.711. The molecule has 2 rings (SSSR count). The highest BCUT2D eigenvalue weighted by molar-refractivity contribution is 5.80. The third-order valence-electron chi connectivity index (χ3n) is 4.20. The van der Waals surface area contributed by atoms with E-state index in [-0.39, 0.29) is 5.92 Å². The average Bonchev–Trinajstić information content (AvgIpc) is 2.80. The number of aliphatic carboxylic acids is 1. The van der Waals surface area contributed by atoms with Crippen molar-refractivity contribution < 1.29 is 15.0 Å². The second-order valence-electron chi connectivity index (χ2n) is 4.97. The third kappa shape index (κ3) is 1.11. The van der Waals surface area contributed by atoms with Gasteiger partial charge < -0.3 is 10.2 Å². The molecular weight excluding hydrogens is 180 g/mol. The lowest BCUT2D eigenvalue weighted by molar-refractivity contribution is -0.160. The number of carboxylic acids is 1. The van der Waals surface area contributed by atoms with E-state index in [1.165, 1.54) is 0 Å². The van der Waals surface area contributed by atoms with Gasteiger partial charge in [-0.1, -0.05) is 26.2 Å². The van der Waals surface area contributed by atoms with E-state index in [4.69, 9.17) is 0 Å². The first-order valence-electron chi connectivity index (χ1n) is 5.49. The molecule has 14 heavy (non-hydrogen) atoms. The Hall–Kier alpha value is -0.570. The molecule has 0 aromatic heterocycles. The number of rotatable bonds is 2. The average molecular weight is 198 g/mol. The van der Waals surface area contributed by atoms with E-state index in [1.54, 1.807) is 0 Å². The van der Waals surface area contributed by atoms with Crippen LogP contribution in [0.1, 0.15) is 45.4 Å². The highest BCUT2D eigenvalue weighted by atomic mass is 16.4. The van der Waals surface area contributed by atoms with E-state index in [1.807, 2.05) is 6.92 Å². The summed E-state index contributed by atoms with van der Waals surface area (Å²) in [7, 11) is 0. The van der Waals surface area contributed by atoms with Crippen LogP contribution in [0, 0.1) is 11.3 Å². The first kappa shape index (κ1) is 9.97. The van der Waals surface area contributed by atoms with Crippen molar-refractivity contribution in [1.82, 2.24) is 0 Å². The van der Waals surface area contributed by atoms with Gasteiger partial charge in [0.15, 0.2) is 0 Å². The van der Waals surface area contributed by atoms with Gasteiger partial charge in [0.1, 0.15) is 0 Å². The molecule has 0 aliphatic heterocycles. The number of hydrogen-bond acceptors (Lipinski definition) is 2. The van der Waals surface area contributed by atoms with Crippen molar-refractivity contribution in [3.63, 3.8) is 0 Å². The minimum absolute atomic E-state index is 0.142. The summed E-state index contributed by atoms with van der Waals surface area (Å²) in [6.07, 6.45) is 5.06. The molecule has 80 valence electrons. The Bertz CT molecular complexity index is 255. The van der Waals surface area contributed by atoms with Crippen LogP contribution in [-0.2, 0) is 4.79 Å². The summed E-state index contributed by atoms with van der Waals surface area (Å²) in [5, 5.41) is 19.7. The predicted octanol–water partition coefficient (Wildman–Crippen LogP) is 1.79. The number of carbonyl (C=O) groups is 1. The van der Waals surface area contributed by atoms with Gasteiger partial charge >= 0.3 is 5.97 Å². The first-order valence-corrected chi connectivity index (χ1v) is 5.49. The summed E-state index contributed by atoms with van der Waals surface area (Å²) in [4.78, 5) is 11.2. The first-order chi connectivity index (χ1) is 6.53. The van der Waals surface area contributed by atoms with Crippen LogP contribution in [-0.4, -0.2) is 21.8 Å². The smallest absolute Gasteiger partial charge is 0.312 e. The normalized spacial score (nSPS) is 40.6. The fourth-order valence-corrected chi connectivity index (χ4v) is 3.15. The molecule has 2 saturated carbocycles. The van der Waals surface area contributed by atoms with Gasteiger partial charge in [0.2, 0.25) is 0 Å². The monoisotopic (exact) mass is 198 g/mol. The highest BCUT2D eigenvalue weighted by Crippen LogP contribution is 2.63. The summed E-state index contributed by atoms with van der Waals surface area (Å²) in [6, 6.07) is 0. The van der Waals surface area contributed by atoms with Crippen molar-refractivity contribution in [2.45, 2.75) is 51.0 Å². The van der Waals surface area contributed by atoms with Crippen molar-refractivity contribution in [2.75, 3.05) is 0 Å². The molecule has 0 amide bonds. The molecule has 0 heterocycles. The Morgan fingerprint density at radius 1 is 1.29 bits per heavy atom. The van der Waals surface area contributed by atoms with E-state index in [2.05, 4.69) is 0 Å². The van der Waals surface area contributed by atoms with E-state index in [0.29, 0.717) is 19.3 Å². The SMILES string of the molecule is CC1CC1(C(=O)O)C1(O)CCCCC1. The molecule has 2 unspecified atom stereocenters. The number of carboxylic acid groups (broad SMARTS) is 1. The topological polar surface area (TPSA) is 57.5 Å². The van der Waals surface area contributed by atoms with Crippen molar-refractivity contribution in [3.05, 3.63) is 0 Å². The van der Waals surface area contributed by atoms with Crippen LogP contribution < -0.4 is 0 Å². The molecule has 2 atom stereocenters. The van der Waals surface area contributed by atoms with Gasteiger partial charge in [0.25, 0.3) is 0 Å². The summed E-state index contributed by atoms with van der Waals surface area (Å²) in [5.74, 6) is -0.655. The van der Waals surface area contributed by atoms with Crippen LogP contribution >= 0.6 is 0 Å². The fourth-order valence-electron chi connectivity index (χ4n) is 3.15. The lowest BCUT2D eigenvalue weighted by atomic mass is 9.72. The van der Waals surface area contributed by atoms with Crippen molar-refractivity contribution in [1.29, 1.82) is 0 Å². The van der Waals surface area contributed by atoms with E-state index in [9.17, 15) is 15.0 Å². The van der Waals surface area contributed by atoms with Gasteiger partial charge in [-0.05, 0) is 25.2 Å². The van der Waals surface area contributed by atoms with Crippen molar-refractivity contribution >= 4 is 5.97 Å². The van der Waals surface area contributed by atoms with Gasteiger partial charge in [-0.2, -0.15) is 0 Å². The fraction of sp³-hybridized carbons (Fsp3) is 0.909. The van der Waals surface area contributed by atoms with Crippen LogP contribution in [0.2, 0.25) is 0 Å².